The van der Waals surface area contributed by atoms with Crippen LogP contribution in [0.2, 0.25) is 0 Å². The van der Waals surface area contributed by atoms with Crippen molar-refractivity contribution in [1.29, 1.82) is 0 Å². The van der Waals surface area contributed by atoms with E-state index in [1.54, 1.807) is 18.3 Å². The maximum Gasteiger partial charge on any atom is 0.138 e. The molecule has 0 spiro atoms. The van der Waals surface area contributed by atoms with Gasteiger partial charge >= 0.3 is 0 Å². The predicted octanol–water partition coefficient (Wildman–Crippen LogP) is 3.78. The molecule has 1 aliphatic carbocycles. The van der Waals surface area contributed by atoms with Crippen LogP contribution in [0.15, 0.2) is 11.4 Å². The van der Waals surface area contributed by atoms with Crippen molar-refractivity contribution in [2.24, 2.45) is 5.92 Å². The Morgan fingerprint density at radius 1 is 1.40 bits per heavy atom. The Labute approximate surface area is 95.5 Å². The van der Waals surface area contributed by atoms with Gasteiger partial charge in [-0.1, -0.05) is 6.92 Å². The van der Waals surface area contributed by atoms with Crippen molar-refractivity contribution in [1.82, 2.24) is 0 Å². The number of hydrogen-bond acceptors (Lipinski definition) is 2. The van der Waals surface area contributed by atoms with Crippen molar-refractivity contribution in [2.75, 3.05) is 0 Å². The molecule has 0 amide bonds. The first kappa shape index (κ1) is 10.9. The molecule has 0 bridgehead atoms. The zero-order valence-electron chi connectivity index (χ0n) is 9.45. The van der Waals surface area contributed by atoms with Gasteiger partial charge in [-0.15, -0.1) is 11.3 Å². The van der Waals surface area contributed by atoms with E-state index in [2.05, 4.69) is 18.4 Å². The largest absolute Gasteiger partial charge is 0.299 e. The molecule has 0 saturated heterocycles. The molecule has 2 heteroatoms. The molecule has 2 atom stereocenters. The van der Waals surface area contributed by atoms with E-state index in [4.69, 9.17) is 0 Å². The van der Waals surface area contributed by atoms with Gasteiger partial charge in [0, 0.05) is 4.88 Å². The van der Waals surface area contributed by atoms with Crippen LogP contribution < -0.4 is 0 Å². The highest BCUT2D eigenvalue weighted by atomic mass is 32.1. The van der Waals surface area contributed by atoms with E-state index in [-0.39, 0.29) is 5.92 Å². The number of rotatable bonds is 1. The minimum absolute atomic E-state index is 0.183. The van der Waals surface area contributed by atoms with E-state index in [1.165, 1.54) is 23.3 Å². The Kier molecular flexibility index (Phi) is 3.25. The van der Waals surface area contributed by atoms with E-state index in [0.717, 1.165) is 18.8 Å². The monoisotopic (exact) mass is 222 g/mol. The summed E-state index contributed by atoms with van der Waals surface area (Å²) in [6.07, 6.45) is 4.67. The smallest absolute Gasteiger partial charge is 0.138 e. The summed E-state index contributed by atoms with van der Waals surface area (Å²) >= 11 is 1.76. The first-order valence-electron chi connectivity index (χ1n) is 5.75. The number of fused-ring (bicyclic) bond motifs is 1. The topological polar surface area (TPSA) is 17.1 Å². The van der Waals surface area contributed by atoms with Crippen molar-refractivity contribution in [3.8, 4) is 0 Å². The summed E-state index contributed by atoms with van der Waals surface area (Å²) in [4.78, 5) is 13.0. The average molecular weight is 222 g/mol. The Morgan fingerprint density at radius 2 is 2.20 bits per heavy atom. The number of Topliss-reactive ketones (excluding diaryl/α,β-unsaturated/α-hetero) is 1. The molecule has 1 aromatic heterocycles. The van der Waals surface area contributed by atoms with Gasteiger partial charge < -0.3 is 0 Å². The van der Waals surface area contributed by atoms with Gasteiger partial charge in [-0.25, -0.2) is 0 Å². The van der Waals surface area contributed by atoms with Crippen molar-refractivity contribution in [2.45, 2.75) is 45.4 Å². The zero-order valence-corrected chi connectivity index (χ0v) is 10.3. The Balaban J connectivity index is 2.30. The summed E-state index contributed by atoms with van der Waals surface area (Å²) in [6.45, 7) is 4.04. The quantitative estimate of drug-likeness (QED) is 0.706. The SMILES string of the molecule is CC(=O)C1CCC(C)CCc2ccsc21. The van der Waals surface area contributed by atoms with E-state index >= 15 is 0 Å². The van der Waals surface area contributed by atoms with Gasteiger partial charge in [0.25, 0.3) is 0 Å². The average Bonchev–Trinajstić information content (AvgIpc) is 2.59. The normalized spacial score (nSPS) is 26.5. The summed E-state index contributed by atoms with van der Waals surface area (Å²) in [5.41, 5.74) is 1.42. The maximum absolute atomic E-state index is 11.6. The fraction of sp³-hybridized carbons (Fsp3) is 0.615. The molecule has 1 aromatic rings. The minimum atomic E-state index is 0.183. The second-order valence-corrected chi connectivity index (χ2v) is 5.64. The Bertz CT molecular complexity index is 353. The third-order valence-corrected chi connectivity index (χ3v) is 4.52. The van der Waals surface area contributed by atoms with Crippen LogP contribution >= 0.6 is 11.3 Å². The van der Waals surface area contributed by atoms with Crippen LogP contribution in [0, 0.1) is 5.92 Å². The lowest BCUT2D eigenvalue weighted by atomic mass is 9.85. The van der Waals surface area contributed by atoms with Crippen molar-refractivity contribution in [3.05, 3.63) is 21.9 Å². The van der Waals surface area contributed by atoms with Gasteiger partial charge in [-0.05, 0) is 55.5 Å². The summed E-state index contributed by atoms with van der Waals surface area (Å²) in [6, 6.07) is 2.20. The maximum atomic E-state index is 11.6. The molecular weight excluding hydrogens is 204 g/mol. The summed E-state index contributed by atoms with van der Waals surface area (Å²) in [5.74, 6) is 1.29. The fourth-order valence-electron chi connectivity index (χ4n) is 2.38. The summed E-state index contributed by atoms with van der Waals surface area (Å²) < 4.78 is 0. The van der Waals surface area contributed by atoms with E-state index in [0.29, 0.717) is 5.78 Å². The van der Waals surface area contributed by atoms with Crippen LogP contribution in [0.4, 0.5) is 0 Å². The number of thiophene rings is 1. The molecule has 1 heterocycles. The number of carbonyl (C=O) groups is 1. The number of carbonyl (C=O) groups excluding carboxylic acids is 1. The highest BCUT2D eigenvalue weighted by molar-refractivity contribution is 7.10. The molecule has 2 rings (SSSR count). The molecule has 0 fully saturated rings. The molecule has 0 N–H and O–H groups in total. The Hall–Kier alpha value is -0.630. The van der Waals surface area contributed by atoms with E-state index in [1.807, 2.05) is 0 Å². The summed E-state index contributed by atoms with van der Waals surface area (Å²) in [7, 11) is 0. The van der Waals surface area contributed by atoms with E-state index < -0.39 is 0 Å². The van der Waals surface area contributed by atoms with Gasteiger partial charge in [0.2, 0.25) is 0 Å². The van der Waals surface area contributed by atoms with E-state index in [9.17, 15) is 4.79 Å². The Morgan fingerprint density at radius 3 is 2.93 bits per heavy atom. The number of ketones is 1. The first-order chi connectivity index (χ1) is 7.18. The van der Waals surface area contributed by atoms with Gasteiger partial charge in [-0.3, -0.25) is 4.79 Å². The molecule has 0 aromatic carbocycles. The standard InChI is InChI=1S/C13H18OS/c1-9-3-5-11-7-8-15-13(11)12(6-4-9)10(2)14/h7-9,12H,3-6H2,1-2H3. The lowest BCUT2D eigenvalue weighted by Gasteiger charge is -2.21. The number of aryl methyl sites for hydroxylation is 1. The van der Waals surface area contributed by atoms with Gasteiger partial charge in [0.15, 0.2) is 0 Å². The third-order valence-electron chi connectivity index (χ3n) is 3.44. The molecule has 0 saturated carbocycles. The molecule has 0 aliphatic heterocycles. The molecule has 82 valence electrons. The fourth-order valence-corrected chi connectivity index (χ4v) is 3.52. The highest BCUT2D eigenvalue weighted by Crippen LogP contribution is 2.35. The predicted molar refractivity (Wildman–Crippen MR) is 64.5 cm³/mol. The molecule has 1 aliphatic rings. The van der Waals surface area contributed by atoms with Crippen LogP contribution in [-0.4, -0.2) is 5.78 Å². The van der Waals surface area contributed by atoms with Crippen LogP contribution in [0.5, 0.6) is 0 Å². The lowest BCUT2D eigenvalue weighted by molar-refractivity contribution is -0.118. The van der Waals surface area contributed by atoms with Crippen molar-refractivity contribution in [3.63, 3.8) is 0 Å². The van der Waals surface area contributed by atoms with Gasteiger partial charge in [-0.2, -0.15) is 0 Å². The second-order valence-electron chi connectivity index (χ2n) is 4.69. The van der Waals surface area contributed by atoms with Gasteiger partial charge in [0.05, 0.1) is 5.92 Å². The van der Waals surface area contributed by atoms with Crippen LogP contribution in [-0.2, 0) is 11.2 Å². The molecular formula is C13H18OS. The van der Waals surface area contributed by atoms with Crippen molar-refractivity contribution >= 4 is 17.1 Å². The number of hydrogen-bond donors (Lipinski definition) is 0. The lowest BCUT2D eigenvalue weighted by Crippen LogP contribution is -2.14. The molecule has 0 radical (unpaired) electrons. The second kappa shape index (κ2) is 4.48. The van der Waals surface area contributed by atoms with Crippen LogP contribution in [0.1, 0.15) is 49.5 Å². The summed E-state index contributed by atoms with van der Waals surface area (Å²) in [5, 5.41) is 2.14. The molecule has 15 heavy (non-hydrogen) atoms. The van der Waals surface area contributed by atoms with Crippen LogP contribution in [0.3, 0.4) is 0 Å². The minimum Gasteiger partial charge on any atom is -0.299 e. The zero-order chi connectivity index (χ0) is 10.8. The molecule has 1 nitrogen and oxygen atoms in total. The van der Waals surface area contributed by atoms with Gasteiger partial charge in [0.1, 0.15) is 5.78 Å². The first-order valence-corrected chi connectivity index (χ1v) is 6.63. The molecule has 2 unspecified atom stereocenters. The van der Waals surface area contributed by atoms with Crippen molar-refractivity contribution < 1.29 is 4.79 Å². The third kappa shape index (κ3) is 2.31. The van der Waals surface area contributed by atoms with Crippen LogP contribution in [0.25, 0.3) is 0 Å². The highest BCUT2D eigenvalue weighted by Gasteiger charge is 2.24.